The molecule has 0 aliphatic heterocycles. The van der Waals surface area contributed by atoms with Gasteiger partial charge in [-0.2, -0.15) is 0 Å². The maximum absolute atomic E-state index is 13.4. The lowest BCUT2D eigenvalue weighted by Gasteiger charge is -2.30. The van der Waals surface area contributed by atoms with Gasteiger partial charge in [0, 0.05) is 12.8 Å². The molecule has 386 valence electrons. The van der Waals surface area contributed by atoms with Crippen LogP contribution in [0.4, 0.5) is 0 Å². The second kappa shape index (κ2) is 46.9. The summed E-state index contributed by atoms with van der Waals surface area (Å²) in [6.45, 7) is 6.64. The summed E-state index contributed by atoms with van der Waals surface area (Å²) >= 11 is 0. The van der Waals surface area contributed by atoms with Crippen LogP contribution < -0.4 is 10.2 Å². The Morgan fingerprint density at radius 3 is 1.45 bits per heavy atom. The minimum absolute atomic E-state index is 0.0327. The number of nitrogens with one attached hydrogen (secondary N) is 1. The van der Waals surface area contributed by atoms with E-state index in [-0.39, 0.29) is 24.9 Å². The zero-order chi connectivity index (χ0) is 49.4. The lowest BCUT2D eigenvalue weighted by Crippen LogP contribution is -2.47. The van der Waals surface area contributed by atoms with Gasteiger partial charge in [-0.1, -0.05) is 235 Å². The highest BCUT2D eigenvalue weighted by molar-refractivity contribution is 7.45. The van der Waals surface area contributed by atoms with Gasteiger partial charge in [0.25, 0.3) is 7.82 Å². The van der Waals surface area contributed by atoms with Crippen LogP contribution in [0.25, 0.3) is 0 Å². The van der Waals surface area contributed by atoms with Crippen LogP contribution in [-0.4, -0.2) is 69.4 Å². The summed E-state index contributed by atoms with van der Waals surface area (Å²) in [7, 11) is 1.15. The number of hydrogen-bond donors (Lipinski definition) is 1. The van der Waals surface area contributed by atoms with E-state index >= 15 is 0 Å². The van der Waals surface area contributed by atoms with Gasteiger partial charge in [-0.3, -0.25) is 14.2 Å². The van der Waals surface area contributed by atoms with E-state index in [4.69, 9.17) is 13.8 Å². The Bertz CT molecular complexity index is 1430. The van der Waals surface area contributed by atoms with Gasteiger partial charge in [0.2, 0.25) is 5.91 Å². The SMILES string of the molecule is CC\C=C/C=C/C=C/C=C\C=C\C=C\CCCCCC(=O)OC(/C=C\CCCCCCCCCCCCC)C(COP(=O)([O-])OCC[N+](C)(C)C)NC(=O)CCCCCCCCCCCCC. The first-order valence-corrected chi connectivity index (χ1v) is 28.4. The molecular formula is C57H101N2O7P. The number of carbonyl (C=O) groups excluding carboxylic acids is 2. The number of phosphoric acid groups is 1. The third kappa shape index (κ3) is 48.0. The van der Waals surface area contributed by atoms with Crippen molar-refractivity contribution >= 4 is 19.7 Å². The summed E-state index contributed by atoms with van der Waals surface area (Å²) in [5, 5.41) is 3.00. The Morgan fingerprint density at radius 2 is 0.955 bits per heavy atom. The van der Waals surface area contributed by atoms with Crippen LogP contribution in [0.5, 0.6) is 0 Å². The van der Waals surface area contributed by atoms with Crippen molar-refractivity contribution in [3.05, 3.63) is 85.1 Å². The zero-order valence-electron chi connectivity index (χ0n) is 43.8. The van der Waals surface area contributed by atoms with E-state index in [1.807, 2.05) is 94.1 Å². The molecule has 0 aromatic rings. The number of likely N-dealkylation sites (N-methyl/N-ethyl adjacent to an activating group) is 1. The molecule has 0 aromatic heterocycles. The molecule has 0 saturated carbocycles. The standard InChI is InChI=1S/C57H101N2O7P/c1-7-10-13-16-19-22-25-27-28-29-30-32-35-38-41-44-47-50-57(61)66-55(48-45-42-39-36-34-31-26-23-20-17-14-11-8-2)54(53-65-67(62,63)64-52-51-59(4,5)6)58-56(60)49-46-43-40-37-33-24-21-18-15-12-9-3/h10,13,16,19,22,25,27-30,32,35,45,48,54-55H,7-9,11-12,14-15,17-18,20-21,23-24,26,31,33-34,36-44,46-47,49-53H2,1-6H3,(H-,58,60,62,63)/b13-10-,19-16+,25-22+,28-27-,30-29+,35-32+,48-45-. The molecule has 3 unspecified atom stereocenters. The molecule has 0 saturated heterocycles. The van der Waals surface area contributed by atoms with Crippen molar-refractivity contribution in [1.82, 2.24) is 5.32 Å². The molecule has 0 aliphatic rings. The highest BCUT2D eigenvalue weighted by atomic mass is 31.2. The van der Waals surface area contributed by atoms with Crippen molar-refractivity contribution < 1.29 is 37.3 Å². The van der Waals surface area contributed by atoms with Gasteiger partial charge >= 0.3 is 5.97 Å². The summed E-state index contributed by atoms with van der Waals surface area (Å²) in [6, 6.07) is -0.907. The van der Waals surface area contributed by atoms with E-state index in [2.05, 4.69) is 38.2 Å². The molecule has 1 N–H and O–H groups in total. The normalized spacial score (nSPS) is 14.6. The van der Waals surface area contributed by atoms with Crippen LogP contribution in [0.2, 0.25) is 0 Å². The van der Waals surface area contributed by atoms with Crippen LogP contribution in [0.3, 0.4) is 0 Å². The summed E-state index contributed by atoms with van der Waals surface area (Å²) in [5.74, 6) is -0.596. The predicted octanol–water partition coefficient (Wildman–Crippen LogP) is 15.2. The maximum Gasteiger partial charge on any atom is 0.306 e. The monoisotopic (exact) mass is 957 g/mol. The maximum atomic E-state index is 13.4. The van der Waals surface area contributed by atoms with Crippen molar-refractivity contribution in [2.45, 2.75) is 226 Å². The van der Waals surface area contributed by atoms with Crippen LogP contribution >= 0.6 is 7.82 Å². The average Bonchev–Trinajstić information content (AvgIpc) is 3.28. The van der Waals surface area contributed by atoms with Crippen LogP contribution in [-0.2, 0) is 27.9 Å². The number of amides is 1. The highest BCUT2D eigenvalue weighted by Crippen LogP contribution is 2.38. The molecule has 0 spiro atoms. The first-order valence-electron chi connectivity index (χ1n) is 27.0. The molecule has 10 heteroatoms. The Morgan fingerprint density at radius 1 is 0.537 bits per heavy atom. The fraction of sp³-hybridized carbons (Fsp3) is 0.719. The van der Waals surface area contributed by atoms with Gasteiger partial charge in [0.1, 0.15) is 19.3 Å². The van der Waals surface area contributed by atoms with Crippen molar-refractivity contribution in [3.63, 3.8) is 0 Å². The number of hydrogen-bond acceptors (Lipinski definition) is 7. The molecule has 0 bridgehead atoms. The Hall–Kier alpha value is -2.81. The number of rotatable bonds is 47. The number of quaternary nitrogens is 1. The largest absolute Gasteiger partial charge is 0.756 e. The fourth-order valence-electron chi connectivity index (χ4n) is 7.32. The van der Waals surface area contributed by atoms with Gasteiger partial charge in [-0.05, 0) is 51.0 Å². The summed E-state index contributed by atoms with van der Waals surface area (Å²) in [4.78, 5) is 39.7. The second-order valence-electron chi connectivity index (χ2n) is 19.2. The van der Waals surface area contributed by atoms with E-state index in [0.29, 0.717) is 23.9 Å². The molecule has 0 aliphatic carbocycles. The van der Waals surface area contributed by atoms with E-state index in [0.717, 1.165) is 64.2 Å². The average molecular weight is 957 g/mol. The molecule has 0 radical (unpaired) electrons. The zero-order valence-corrected chi connectivity index (χ0v) is 44.7. The minimum atomic E-state index is -4.70. The van der Waals surface area contributed by atoms with Crippen LogP contribution in [0.15, 0.2) is 85.1 Å². The predicted molar refractivity (Wildman–Crippen MR) is 284 cm³/mol. The lowest BCUT2D eigenvalue weighted by molar-refractivity contribution is -0.870. The molecule has 0 heterocycles. The van der Waals surface area contributed by atoms with Gasteiger partial charge in [-0.25, -0.2) is 0 Å². The van der Waals surface area contributed by atoms with Crippen molar-refractivity contribution in [1.29, 1.82) is 0 Å². The summed E-state index contributed by atoms with van der Waals surface area (Å²) in [6.07, 6.45) is 59.7. The molecule has 3 atom stereocenters. The second-order valence-corrected chi connectivity index (χ2v) is 20.6. The van der Waals surface area contributed by atoms with E-state index in [1.165, 1.54) is 109 Å². The number of phosphoric ester groups is 1. The molecule has 0 rings (SSSR count). The molecule has 0 aromatic carbocycles. The quantitative estimate of drug-likeness (QED) is 0.0161. The number of nitrogens with zero attached hydrogens (tertiary/aromatic N) is 1. The topological polar surface area (TPSA) is 114 Å². The third-order valence-corrected chi connectivity index (χ3v) is 12.5. The summed E-state index contributed by atoms with van der Waals surface area (Å²) in [5.41, 5.74) is 0. The Balaban J connectivity index is 5.51. The van der Waals surface area contributed by atoms with E-state index in [9.17, 15) is 19.0 Å². The van der Waals surface area contributed by atoms with E-state index < -0.39 is 26.6 Å². The van der Waals surface area contributed by atoms with Gasteiger partial charge < -0.3 is 28.5 Å². The van der Waals surface area contributed by atoms with E-state index in [1.54, 1.807) is 0 Å². The summed E-state index contributed by atoms with van der Waals surface area (Å²) < 4.78 is 30.1. The third-order valence-electron chi connectivity index (χ3n) is 11.5. The van der Waals surface area contributed by atoms with Crippen molar-refractivity contribution in [2.24, 2.45) is 0 Å². The minimum Gasteiger partial charge on any atom is -0.756 e. The number of allylic oxidation sites excluding steroid dienone is 13. The number of carbonyl (C=O) groups is 2. The number of ether oxygens (including phenoxy) is 1. The van der Waals surface area contributed by atoms with Crippen LogP contribution in [0, 0.1) is 0 Å². The van der Waals surface area contributed by atoms with Crippen molar-refractivity contribution in [2.75, 3.05) is 40.9 Å². The van der Waals surface area contributed by atoms with Crippen LogP contribution in [0.1, 0.15) is 213 Å². The molecule has 0 fully saturated rings. The van der Waals surface area contributed by atoms with Gasteiger partial charge in [-0.15, -0.1) is 0 Å². The highest BCUT2D eigenvalue weighted by Gasteiger charge is 2.27. The van der Waals surface area contributed by atoms with Crippen molar-refractivity contribution in [3.8, 4) is 0 Å². The lowest BCUT2D eigenvalue weighted by atomic mass is 10.0. The van der Waals surface area contributed by atoms with Gasteiger partial charge in [0.15, 0.2) is 0 Å². The first kappa shape index (κ1) is 64.2. The molecule has 9 nitrogen and oxygen atoms in total. The smallest absolute Gasteiger partial charge is 0.306 e. The van der Waals surface area contributed by atoms with Gasteiger partial charge in [0.05, 0.1) is 33.8 Å². The number of esters is 1. The first-order chi connectivity index (χ1) is 32.4. The molecule has 67 heavy (non-hydrogen) atoms. The number of unbranched alkanes of at least 4 members (excludes halogenated alkanes) is 24. The molecular weight excluding hydrogens is 856 g/mol. The fourth-order valence-corrected chi connectivity index (χ4v) is 8.04. The molecule has 1 amide bonds. The Kier molecular flexibility index (Phi) is 44.9. The Labute approximate surface area is 412 Å².